The van der Waals surface area contributed by atoms with Gasteiger partial charge in [-0.3, -0.25) is 9.59 Å². The molecular weight excluding hydrogens is 402 g/mol. The third-order valence-electron chi connectivity index (χ3n) is 4.66. The standard InChI is InChI=1S/C22H29N3O4S/c1-16(2)14-19(23)22(27)25(30(28,29)18-12-8-5-9-13-18)20(21(26)24-3)15-17-10-6-4-7-11-17/h4-13,16,19-20H,14-15,23H2,1-3H3,(H,24,26)/t19-,20-/m0/s1. The number of amides is 2. The van der Waals surface area contributed by atoms with E-state index in [9.17, 15) is 18.0 Å². The number of hydrogen-bond acceptors (Lipinski definition) is 5. The lowest BCUT2D eigenvalue weighted by atomic mass is 10.0. The van der Waals surface area contributed by atoms with Crippen LogP contribution in [-0.4, -0.2) is 43.7 Å². The van der Waals surface area contributed by atoms with Crippen molar-refractivity contribution in [3.8, 4) is 0 Å². The highest BCUT2D eigenvalue weighted by atomic mass is 32.2. The number of nitrogens with one attached hydrogen (secondary N) is 1. The SMILES string of the molecule is CNC(=O)[C@H](Cc1ccccc1)N(C(=O)[C@@H](N)CC(C)C)S(=O)(=O)c1ccccc1. The number of rotatable bonds is 9. The van der Waals surface area contributed by atoms with Crippen molar-refractivity contribution < 1.29 is 18.0 Å². The summed E-state index contributed by atoms with van der Waals surface area (Å²) in [5.41, 5.74) is 6.81. The van der Waals surface area contributed by atoms with Gasteiger partial charge in [-0.2, -0.15) is 0 Å². The highest BCUT2D eigenvalue weighted by molar-refractivity contribution is 7.89. The van der Waals surface area contributed by atoms with Gasteiger partial charge >= 0.3 is 0 Å². The summed E-state index contributed by atoms with van der Waals surface area (Å²) in [6.07, 6.45) is 0.332. The van der Waals surface area contributed by atoms with Gasteiger partial charge in [0.1, 0.15) is 6.04 Å². The monoisotopic (exact) mass is 431 g/mol. The second-order valence-corrected chi connectivity index (χ2v) is 9.32. The van der Waals surface area contributed by atoms with E-state index in [1.54, 1.807) is 42.5 Å². The van der Waals surface area contributed by atoms with Crippen LogP contribution in [0.5, 0.6) is 0 Å². The van der Waals surface area contributed by atoms with Crippen LogP contribution in [0.4, 0.5) is 0 Å². The molecule has 0 aliphatic rings. The Kier molecular flexibility index (Phi) is 8.14. The highest BCUT2D eigenvalue weighted by Crippen LogP contribution is 2.23. The average Bonchev–Trinajstić information content (AvgIpc) is 2.73. The molecule has 0 fully saturated rings. The van der Waals surface area contributed by atoms with Gasteiger partial charge in [0, 0.05) is 13.5 Å². The molecule has 2 rings (SSSR count). The van der Waals surface area contributed by atoms with Crippen molar-refractivity contribution in [3.63, 3.8) is 0 Å². The molecular formula is C22H29N3O4S. The molecule has 0 heterocycles. The quantitative estimate of drug-likeness (QED) is 0.631. The molecule has 0 aliphatic carbocycles. The van der Waals surface area contributed by atoms with Crippen molar-refractivity contribution in [1.82, 2.24) is 9.62 Å². The molecule has 0 radical (unpaired) electrons. The third kappa shape index (κ3) is 5.67. The Morgan fingerprint density at radius 3 is 2.03 bits per heavy atom. The van der Waals surface area contributed by atoms with E-state index < -0.39 is 33.9 Å². The van der Waals surface area contributed by atoms with Crippen LogP contribution < -0.4 is 11.1 Å². The lowest BCUT2D eigenvalue weighted by Gasteiger charge is -2.32. The van der Waals surface area contributed by atoms with Crippen LogP contribution in [0, 0.1) is 5.92 Å². The molecule has 7 nitrogen and oxygen atoms in total. The fourth-order valence-corrected chi connectivity index (χ4v) is 4.81. The van der Waals surface area contributed by atoms with Crippen molar-refractivity contribution in [2.75, 3.05) is 7.05 Å². The molecule has 2 amide bonds. The Hall–Kier alpha value is -2.71. The van der Waals surface area contributed by atoms with Crippen LogP contribution in [0.15, 0.2) is 65.6 Å². The number of sulfonamides is 1. The Balaban J connectivity index is 2.58. The van der Waals surface area contributed by atoms with Crippen LogP contribution in [0.2, 0.25) is 0 Å². The zero-order chi connectivity index (χ0) is 22.3. The van der Waals surface area contributed by atoms with Crippen LogP contribution >= 0.6 is 0 Å². The van der Waals surface area contributed by atoms with Crippen molar-refractivity contribution in [2.24, 2.45) is 11.7 Å². The molecule has 2 aromatic rings. The molecule has 2 aromatic carbocycles. The molecule has 30 heavy (non-hydrogen) atoms. The fourth-order valence-electron chi connectivity index (χ4n) is 3.20. The van der Waals surface area contributed by atoms with E-state index >= 15 is 0 Å². The summed E-state index contributed by atoms with van der Waals surface area (Å²) in [6, 6.07) is 14.2. The summed E-state index contributed by atoms with van der Waals surface area (Å²) >= 11 is 0. The number of hydrogen-bond donors (Lipinski definition) is 2. The normalized spacial score (nSPS) is 13.5. The Labute approximate surface area is 178 Å². The van der Waals surface area contributed by atoms with Gasteiger partial charge in [0.2, 0.25) is 5.91 Å². The topological polar surface area (TPSA) is 110 Å². The van der Waals surface area contributed by atoms with E-state index in [4.69, 9.17) is 5.73 Å². The van der Waals surface area contributed by atoms with Crippen molar-refractivity contribution >= 4 is 21.8 Å². The van der Waals surface area contributed by atoms with Gasteiger partial charge in [-0.25, -0.2) is 12.7 Å². The van der Waals surface area contributed by atoms with Crippen LogP contribution in [0.25, 0.3) is 0 Å². The lowest BCUT2D eigenvalue weighted by Crippen LogP contribution is -2.57. The first-order chi connectivity index (χ1) is 14.2. The maximum absolute atomic E-state index is 13.5. The van der Waals surface area contributed by atoms with E-state index in [1.165, 1.54) is 19.2 Å². The van der Waals surface area contributed by atoms with Gasteiger partial charge in [-0.05, 0) is 30.0 Å². The first-order valence-electron chi connectivity index (χ1n) is 9.83. The summed E-state index contributed by atoms with van der Waals surface area (Å²) in [6.45, 7) is 3.78. The summed E-state index contributed by atoms with van der Waals surface area (Å²) in [5.74, 6) is -1.29. The minimum absolute atomic E-state index is 0.0344. The second kappa shape index (κ2) is 10.4. The lowest BCUT2D eigenvalue weighted by molar-refractivity contribution is -0.136. The number of benzene rings is 2. The maximum Gasteiger partial charge on any atom is 0.267 e. The summed E-state index contributed by atoms with van der Waals surface area (Å²) in [5, 5.41) is 2.49. The number of nitrogens with zero attached hydrogens (tertiary/aromatic N) is 1. The van der Waals surface area contributed by atoms with Crippen molar-refractivity contribution in [1.29, 1.82) is 0 Å². The second-order valence-electron chi connectivity index (χ2n) is 7.51. The van der Waals surface area contributed by atoms with Gasteiger partial charge in [0.25, 0.3) is 15.9 Å². The van der Waals surface area contributed by atoms with Crippen LogP contribution in [0.3, 0.4) is 0 Å². The zero-order valence-electron chi connectivity index (χ0n) is 17.5. The van der Waals surface area contributed by atoms with Crippen molar-refractivity contribution in [2.45, 2.75) is 43.7 Å². The number of nitrogens with two attached hydrogens (primary N) is 1. The molecule has 162 valence electrons. The molecule has 0 aromatic heterocycles. The van der Waals surface area contributed by atoms with E-state index in [-0.39, 0.29) is 17.2 Å². The van der Waals surface area contributed by atoms with E-state index in [0.29, 0.717) is 10.7 Å². The Morgan fingerprint density at radius 1 is 1.00 bits per heavy atom. The summed E-state index contributed by atoms with van der Waals surface area (Å²) in [7, 11) is -2.90. The molecule has 0 saturated heterocycles. The van der Waals surface area contributed by atoms with Gasteiger partial charge in [-0.15, -0.1) is 0 Å². The number of likely N-dealkylation sites (N-methyl/N-ethyl adjacent to an activating group) is 1. The van der Waals surface area contributed by atoms with Crippen LogP contribution in [-0.2, 0) is 26.0 Å². The predicted octanol–water partition coefficient (Wildman–Crippen LogP) is 1.93. The average molecular weight is 432 g/mol. The predicted molar refractivity (Wildman–Crippen MR) is 116 cm³/mol. The molecule has 8 heteroatoms. The highest BCUT2D eigenvalue weighted by Gasteiger charge is 2.41. The minimum Gasteiger partial charge on any atom is -0.357 e. The van der Waals surface area contributed by atoms with E-state index in [2.05, 4.69) is 5.32 Å². The Morgan fingerprint density at radius 2 is 1.53 bits per heavy atom. The van der Waals surface area contributed by atoms with Crippen LogP contribution in [0.1, 0.15) is 25.8 Å². The molecule has 3 N–H and O–H groups in total. The van der Waals surface area contributed by atoms with Crippen molar-refractivity contribution in [3.05, 3.63) is 66.2 Å². The van der Waals surface area contributed by atoms with Gasteiger partial charge in [-0.1, -0.05) is 62.4 Å². The number of carbonyl (C=O) groups is 2. The minimum atomic E-state index is -4.31. The first kappa shape index (κ1) is 23.6. The van der Waals surface area contributed by atoms with Gasteiger partial charge in [0.15, 0.2) is 0 Å². The van der Waals surface area contributed by atoms with Gasteiger partial charge in [0.05, 0.1) is 10.9 Å². The molecule has 0 unspecified atom stereocenters. The smallest absolute Gasteiger partial charge is 0.267 e. The van der Waals surface area contributed by atoms with E-state index in [1.807, 2.05) is 19.9 Å². The molecule has 0 bridgehead atoms. The van der Waals surface area contributed by atoms with E-state index in [0.717, 1.165) is 5.56 Å². The summed E-state index contributed by atoms with van der Waals surface area (Å²) < 4.78 is 27.6. The zero-order valence-corrected chi connectivity index (χ0v) is 18.3. The maximum atomic E-state index is 13.5. The van der Waals surface area contributed by atoms with Gasteiger partial charge < -0.3 is 11.1 Å². The molecule has 0 saturated carbocycles. The third-order valence-corrected chi connectivity index (χ3v) is 6.48. The molecule has 2 atom stereocenters. The first-order valence-corrected chi connectivity index (χ1v) is 11.3. The summed E-state index contributed by atoms with van der Waals surface area (Å²) in [4.78, 5) is 26.0. The fraction of sp³-hybridized carbons (Fsp3) is 0.364. The Bertz CT molecular complexity index is 947. The largest absolute Gasteiger partial charge is 0.357 e. The molecule has 0 spiro atoms. The number of carbonyl (C=O) groups excluding carboxylic acids is 2. The molecule has 0 aliphatic heterocycles.